The molecule has 1 aromatic carbocycles. The van der Waals surface area contributed by atoms with Gasteiger partial charge in [0, 0.05) is 0 Å². The smallest absolute Gasteiger partial charge is 0.348 e. The number of rotatable bonds is 8. The van der Waals surface area contributed by atoms with Gasteiger partial charge in [-0.05, 0) is 61.3 Å². The summed E-state index contributed by atoms with van der Waals surface area (Å²) < 4.78 is 16.5. The van der Waals surface area contributed by atoms with Crippen LogP contribution in [0.2, 0.25) is 0 Å². The average molecular weight is 484 g/mol. The molecule has 156 valence electrons. The normalized spacial score (nSPS) is 11.5. The Balaban J connectivity index is 2.28. The van der Waals surface area contributed by atoms with Gasteiger partial charge in [0.15, 0.2) is 6.10 Å². The monoisotopic (exact) mass is 483 g/mol. The van der Waals surface area contributed by atoms with E-state index in [0.717, 1.165) is 11.3 Å². The van der Waals surface area contributed by atoms with E-state index in [4.69, 9.17) is 14.2 Å². The van der Waals surface area contributed by atoms with Gasteiger partial charge in [-0.3, -0.25) is 4.79 Å². The first-order valence-electron chi connectivity index (χ1n) is 8.99. The molecule has 0 saturated carbocycles. The Kier molecular flexibility index (Phi) is 8.21. The van der Waals surface area contributed by atoms with Crippen LogP contribution in [0.1, 0.15) is 46.4 Å². The van der Waals surface area contributed by atoms with Crippen molar-refractivity contribution in [1.82, 2.24) is 0 Å². The Morgan fingerprint density at radius 3 is 2.34 bits per heavy atom. The molecule has 0 aliphatic carbocycles. The zero-order valence-electron chi connectivity index (χ0n) is 16.5. The van der Waals surface area contributed by atoms with Crippen molar-refractivity contribution in [2.24, 2.45) is 0 Å². The first-order valence-corrected chi connectivity index (χ1v) is 10.6. The maximum Gasteiger partial charge on any atom is 0.348 e. The van der Waals surface area contributed by atoms with Crippen LogP contribution < -0.4 is 10.1 Å². The van der Waals surface area contributed by atoms with Crippen molar-refractivity contribution in [3.05, 3.63) is 44.7 Å². The number of ether oxygens (including phenoxy) is 3. The molecule has 1 atom stereocenters. The highest BCUT2D eigenvalue weighted by Crippen LogP contribution is 2.34. The van der Waals surface area contributed by atoms with Gasteiger partial charge in [-0.25, -0.2) is 9.59 Å². The lowest BCUT2D eigenvalue weighted by Crippen LogP contribution is -2.30. The highest BCUT2D eigenvalue weighted by atomic mass is 79.9. The van der Waals surface area contributed by atoms with E-state index in [0.29, 0.717) is 15.8 Å². The zero-order valence-corrected chi connectivity index (χ0v) is 18.9. The van der Waals surface area contributed by atoms with Gasteiger partial charge >= 0.3 is 11.9 Å². The van der Waals surface area contributed by atoms with Gasteiger partial charge in [-0.2, -0.15) is 0 Å². The predicted molar refractivity (Wildman–Crippen MR) is 114 cm³/mol. The summed E-state index contributed by atoms with van der Waals surface area (Å²) >= 11 is 4.34. The van der Waals surface area contributed by atoms with E-state index in [1.54, 1.807) is 45.9 Å². The van der Waals surface area contributed by atoms with Crippen LogP contribution in [0.25, 0.3) is 0 Å². The van der Waals surface area contributed by atoms with Crippen molar-refractivity contribution in [2.75, 3.05) is 18.5 Å². The summed E-state index contributed by atoms with van der Waals surface area (Å²) in [6.07, 6.45) is -0.850. The standard InChI is InChI=1S/C20H22BrNO6S/c1-5-26-19(24)15-11(3)16(20(25)27-6-2)29-18(15)22-17(23)12(4)28-14-10-8-7-9-13(14)21/h7-10,12H,5-6H2,1-4H3,(H,22,23). The minimum atomic E-state index is -0.850. The van der Waals surface area contributed by atoms with E-state index in [9.17, 15) is 14.4 Å². The van der Waals surface area contributed by atoms with Crippen molar-refractivity contribution < 1.29 is 28.6 Å². The third kappa shape index (κ3) is 5.57. The van der Waals surface area contributed by atoms with Gasteiger partial charge in [0.1, 0.15) is 15.6 Å². The van der Waals surface area contributed by atoms with Crippen molar-refractivity contribution in [3.8, 4) is 5.75 Å². The predicted octanol–water partition coefficient (Wildman–Crippen LogP) is 4.58. The summed E-state index contributed by atoms with van der Waals surface area (Å²) in [5.74, 6) is -1.14. The SMILES string of the molecule is CCOC(=O)c1sc(NC(=O)C(C)Oc2ccccc2Br)c(C(=O)OCC)c1C. The van der Waals surface area contributed by atoms with E-state index >= 15 is 0 Å². The Morgan fingerprint density at radius 1 is 1.10 bits per heavy atom. The molecule has 1 heterocycles. The van der Waals surface area contributed by atoms with Crippen molar-refractivity contribution in [1.29, 1.82) is 0 Å². The number of hydrogen-bond acceptors (Lipinski definition) is 7. The number of nitrogens with one attached hydrogen (secondary N) is 1. The second-order valence-electron chi connectivity index (χ2n) is 5.88. The Morgan fingerprint density at radius 2 is 1.72 bits per heavy atom. The largest absolute Gasteiger partial charge is 0.480 e. The van der Waals surface area contributed by atoms with Crippen LogP contribution in [0.3, 0.4) is 0 Å². The summed E-state index contributed by atoms with van der Waals surface area (Å²) in [4.78, 5) is 37.5. The van der Waals surface area contributed by atoms with Crippen LogP contribution in [-0.4, -0.2) is 37.2 Å². The molecule has 0 fully saturated rings. The van der Waals surface area contributed by atoms with Crippen LogP contribution in [0.15, 0.2) is 28.7 Å². The molecule has 7 nitrogen and oxygen atoms in total. The number of esters is 2. The number of hydrogen-bond donors (Lipinski definition) is 1. The molecule has 0 aliphatic heterocycles. The van der Waals surface area contributed by atoms with Gasteiger partial charge < -0.3 is 19.5 Å². The quantitative estimate of drug-likeness (QED) is 0.552. The molecule has 0 bridgehead atoms. The van der Waals surface area contributed by atoms with E-state index in [-0.39, 0.29) is 28.7 Å². The van der Waals surface area contributed by atoms with Crippen LogP contribution in [0.4, 0.5) is 5.00 Å². The highest BCUT2D eigenvalue weighted by Gasteiger charge is 2.28. The highest BCUT2D eigenvalue weighted by molar-refractivity contribution is 9.10. The third-order valence-electron chi connectivity index (χ3n) is 3.83. The zero-order chi connectivity index (χ0) is 21.6. The lowest BCUT2D eigenvalue weighted by atomic mass is 10.1. The number of anilines is 1. The molecule has 9 heteroatoms. The summed E-state index contributed by atoms with van der Waals surface area (Å²) in [5.41, 5.74) is 0.544. The summed E-state index contributed by atoms with van der Waals surface area (Å²) in [7, 11) is 0. The molecule has 1 amide bonds. The average Bonchev–Trinajstić information content (AvgIpc) is 3.00. The number of benzene rings is 1. The number of thiophene rings is 1. The first kappa shape index (κ1) is 22.9. The lowest BCUT2D eigenvalue weighted by Gasteiger charge is -2.15. The van der Waals surface area contributed by atoms with Crippen LogP contribution in [0, 0.1) is 6.92 Å². The molecule has 29 heavy (non-hydrogen) atoms. The Labute approximate surface area is 181 Å². The number of para-hydroxylation sites is 1. The minimum Gasteiger partial charge on any atom is -0.480 e. The van der Waals surface area contributed by atoms with Crippen LogP contribution in [-0.2, 0) is 14.3 Å². The van der Waals surface area contributed by atoms with Gasteiger partial charge in [0.25, 0.3) is 5.91 Å². The minimum absolute atomic E-state index is 0.140. The maximum atomic E-state index is 12.7. The van der Waals surface area contributed by atoms with Crippen LogP contribution in [0.5, 0.6) is 5.75 Å². The fourth-order valence-corrected chi connectivity index (χ4v) is 3.91. The number of carbonyl (C=O) groups is 3. The van der Waals surface area contributed by atoms with Gasteiger partial charge in [-0.1, -0.05) is 12.1 Å². The van der Waals surface area contributed by atoms with Gasteiger partial charge in [-0.15, -0.1) is 11.3 Å². The number of halogens is 1. The molecule has 1 aromatic heterocycles. The number of carbonyl (C=O) groups excluding carboxylic acids is 3. The number of amides is 1. The van der Waals surface area contributed by atoms with E-state index in [1.807, 2.05) is 6.07 Å². The third-order valence-corrected chi connectivity index (χ3v) is 5.68. The van der Waals surface area contributed by atoms with E-state index in [1.165, 1.54) is 0 Å². The fraction of sp³-hybridized carbons (Fsp3) is 0.350. The lowest BCUT2D eigenvalue weighted by molar-refractivity contribution is -0.122. The molecule has 0 radical (unpaired) electrons. The van der Waals surface area contributed by atoms with Crippen LogP contribution >= 0.6 is 27.3 Å². The van der Waals surface area contributed by atoms with E-state index in [2.05, 4.69) is 21.2 Å². The molecular formula is C20H22BrNO6S. The molecule has 1 N–H and O–H groups in total. The molecule has 0 saturated heterocycles. The summed E-state index contributed by atoms with van der Waals surface area (Å²) in [6.45, 7) is 6.94. The molecular weight excluding hydrogens is 462 g/mol. The molecule has 2 rings (SSSR count). The fourth-order valence-electron chi connectivity index (χ4n) is 2.44. The Hall–Kier alpha value is -2.39. The van der Waals surface area contributed by atoms with Gasteiger partial charge in [0.2, 0.25) is 0 Å². The molecule has 0 aliphatic rings. The van der Waals surface area contributed by atoms with Crippen molar-refractivity contribution >= 4 is 50.1 Å². The second kappa shape index (κ2) is 10.4. The first-order chi connectivity index (χ1) is 13.8. The van der Waals surface area contributed by atoms with E-state index < -0.39 is 23.9 Å². The Bertz CT molecular complexity index is 910. The molecule has 0 spiro atoms. The van der Waals surface area contributed by atoms with Crippen molar-refractivity contribution in [3.63, 3.8) is 0 Å². The summed E-state index contributed by atoms with van der Waals surface area (Å²) in [5, 5.41) is 2.90. The topological polar surface area (TPSA) is 90.9 Å². The maximum absolute atomic E-state index is 12.7. The molecule has 2 aromatic rings. The van der Waals surface area contributed by atoms with Crippen molar-refractivity contribution in [2.45, 2.75) is 33.8 Å². The second-order valence-corrected chi connectivity index (χ2v) is 7.76. The summed E-state index contributed by atoms with van der Waals surface area (Å²) in [6, 6.07) is 7.15. The molecule has 1 unspecified atom stereocenters. The van der Waals surface area contributed by atoms with Gasteiger partial charge in [0.05, 0.1) is 23.2 Å².